The fourth-order valence-corrected chi connectivity index (χ4v) is 2.89. The second-order valence-corrected chi connectivity index (χ2v) is 6.02. The molecule has 0 atom stereocenters. The molecule has 80 valence electrons. The van der Waals surface area contributed by atoms with Crippen molar-refractivity contribution < 1.29 is 0 Å². The Bertz CT molecular complexity index is 250. The molecule has 0 amide bonds. The van der Waals surface area contributed by atoms with Crippen LogP contribution >= 0.6 is 34.7 Å². The van der Waals surface area contributed by atoms with Crippen LogP contribution in [0.3, 0.4) is 0 Å². The van der Waals surface area contributed by atoms with Crippen LogP contribution in [0.4, 0.5) is 0 Å². The number of hydrogen-bond donors (Lipinski definition) is 1. The molecule has 0 saturated carbocycles. The molecule has 0 unspecified atom stereocenters. The van der Waals surface area contributed by atoms with E-state index in [0.29, 0.717) is 0 Å². The zero-order valence-corrected chi connectivity index (χ0v) is 10.8. The highest BCUT2D eigenvalue weighted by Crippen LogP contribution is 2.20. The first kappa shape index (κ1) is 12.4. The average molecular weight is 250 g/mol. The van der Waals surface area contributed by atoms with Crippen LogP contribution in [0.15, 0.2) is 12.1 Å². The van der Waals surface area contributed by atoms with E-state index in [-0.39, 0.29) is 0 Å². The number of thiophene rings is 1. The van der Waals surface area contributed by atoms with Gasteiger partial charge < -0.3 is 5.32 Å². The summed E-state index contributed by atoms with van der Waals surface area (Å²) in [7, 11) is 0. The van der Waals surface area contributed by atoms with E-state index < -0.39 is 0 Å². The number of halogens is 1. The fourth-order valence-electron chi connectivity index (χ4n) is 1.05. The Kier molecular flexibility index (Phi) is 6.69. The molecule has 1 heterocycles. The predicted molar refractivity (Wildman–Crippen MR) is 68.7 cm³/mol. The Balaban J connectivity index is 1.99. The van der Waals surface area contributed by atoms with Gasteiger partial charge in [0.05, 0.1) is 4.34 Å². The molecule has 0 radical (unpaired) electrons. The van der Waals surface area contributed by atoms with Crippen molar-refractivity contribution in [3.8, 4) is 0 Å². The molecule has 0 aliphatic rings. The molecule has 4 heteroatoms. The maximum Gasteiger partial charge on any atom is 0.0931 e. The van der Waals surface area contributed by atoms with E-state index in [0.717, 1.165) is 17.4 Å². The van der Waals surface area contributed by atoms with Crippen molar-refractivity contribution in [2.75, 3.05) is 18.1 Å². The maximum absolute atomic E-state index is 5.83. The summed E-state index contributed by atoms with van der Waals surface area (Å²) in [5.41, 5.74) is 0. The Morgan fingerprint density at radius 2 is 2.29 bits per heavy atom. The average Bonchev–Trinajstić information content (AvgIpc) is 2.58. The van der Waals surface area contributed by atoms with Crippen LogP contribution in [-0.2, 0) is 6.54 Å². The summed E-state index contributed by atoms with van der Waals surface area (Å²) in [6.07, 6.45) is 1.27. The Hall–Kier alpha value is 0.300. The summed E-state index contributed by atoms with van der Waals surface area (Å²) in [5, 5.41) is 3.40. The molecular formula is C10H16ClNS2. The summed E-state index contributed by atoms with van der Waals surface area (Å²) in [6, 6.07) is 4.04. The molecule has 1 N–H and O–H groups in total. The highest BCUT2D eigenvalue weighted by molar-refractivity contribution is 7.99. The van der Waals surface area contributed by atoms with Gasteiger partial charge >= 0.3 is 0 Å². The maximum atomic E-state index is 5.83. The largest absolute Gasteiger partial charge is 0.311 e. The van der Waals surface area contributed by atoms with Crippen molar-refractivity contribution in [2.45, 2.75) is 19.9 Å². The zero-order chi connectivity index (χ0) is 10.2. The lowest BCUT2D eigenvalue weighted by atomic mass is 10.4. The minimum atomic E-state index is 0.877. The molecule has 1 aromatic rings. The second-order valence-electron chi connectivity index (χ2n) is 2.99. The van der Waals surface area contributed by atoms with Gasteiger partial charge in [-0.15, -0.1) is 11.3 Å². The molecule has 0 saturated heterocycles. The zero-order valence-electron chi connectivity index (χ0n) is 8.38. The monoisotopic (exact) mass is 249 g/mol. The standard InChI is InChI=1S/C10H16ClNS2/c1-2-6-13-7-5-12-8-9-3-4-10(11)14-9/h3-4,12H,2,5-8H2,1H3. The molecule has 1 rings (SSSR count). The Morgan fingerprint density at radius 3 is 2.93 bits per heavy atom. The van der Waals surface area contributed by atoms with Crippen molar-refractivity contribution >= 4 is 34.7 Å². The molecule has 0 spiro atoms. The van der Waals surface area contributed by atoms with Gasteiger partial charge in [-0.05, 0) is 24.3 Å². The van der Waals surface area contributed by atoms with Gasteiger partial charge in [0.1, 0.15) is 0 Å². The molecule has 1 aromatic heterocycles. The van der Waals surface area contributed by atoms with Crippen molar-refractivity contribution in [2.24, 2.45) is 0 Å². The highest BCUT2D eigenvalue weighted by Gasteiger charge is 1.96. The normalized spacial score (nSPS) is 10.7. The van der Waals surface area contributed by atoms with Gasteiger partial charge in [0.25, 0.3) is 0 Å². The summed E-state index contributed by atoms with van der Waals surface area (Å²) in [5.74, 6) is 2.47. The predicted octanol–water partition coefficient (Wildman–Crippen LogP) is 3.63. The molecule has 0 aliphatic heterocycles. The molecule has 0 bridgehead atoms. The Labute approximate surface area is 99.2 Å². The third-order valence-electron chi connectivity index (χ3n) is 1.70. The Morgan fingerprint density at radius 1 is 1.43 bits per heavy atom. The fraction of sp³-hybridized carbons (Fsp3) is 0.600. The van der Waals surface area contributed by atoms with Gasteiger partial charge in [0, 0.05) is 23.7 Å². The summed E-state index contributed by atoms with van der Waals surface area (Å²) >= 11 is 9.49. The van der Waals surface area contributed by atoms with Crippen LogP contribution in [0, 0.1) is 0 Å². The second kappa shape index (κ2) is 7.57. The molecule has 0 fully saturated rings. The van der Waals surface area contributed by atoms with Crippen LogP contribution in [0.2, 0.25) is 4.34 Å². The van der Waals surface area contributed by atoms with E-state index in [1.165, 1.54) is 22.8 Å². The number of rotatable bonds is 7. The van der Waals surface area contributed by atoms with E-state index in [2.05, 4.69) is 18.3 Å². The summed E-state index contributed by atoms with van der Waals surface area (Å²) in [4.78, 5) is 1.32. The lowest BCUT2D eigenvalue weighted by Crippen LogP contribution is -2.15. The quantitative estimate of drug-likeness (QED) is 0.741. The summed E-state index contributed by atoms with van der Waals surface area (Å²) < 4.78 is 0.877. The van der Waals surface area contributed by atoms with Gasteiger partial charge in [-0.2, -0.15) is 11.8 Å². The van der Waals surface area contributed by atoms with Crippen LogP contribution in [-0.4, -0.2) is 18.1 Å². The van der Waals surface area contributed by atoms with Gasteiger partial charge in [0.15, 0.2) is 0 Å². The van der Waals surface area contributed by atoms with E-state index in [1.807, 2.05) is 17.8 Å². The first-order valence-electron chi connectivity index (χ1n) is 4.85. The van der Waals surface area contributed by atoms with Crippen LogP contribution in [0.5, 0.6) is 0 Å². The van der Waals surface area contributed by atoms with E-state index in [4.69, 9.17) is 11.6 Å². The van der Waals surface area contributed by atoms with Crippen molar-refractivity contribution in [1.82, 2.24) is 5.32 Å². The first-order valence-corrected chi connectivity index (χ1v) is 7.20. The number of hydrogen-bond acceptors (Lipinski definition) is 3. The van der Waals surface area contributed by atoms with Gasteiger partial charge in [-0.3, -0.25) is 0 Å². The third kappa shape index (κ3) is 5.25. The van der Waals surface area contributed by atoms with Crippen LogP contribution in [0.1, 0.15) is 18.2 Å². The van der Waals surface area contributed by atoms with Crippen LogP contribution < -0.4 is 5.32 Å². The molecule has 14 heavy (non-hydrogen) atoms. The number of nitrogens with one attached hydrogen (secondary N) is 1. The SMILES string of the molecule is CCCSCCNCc1ccc(Cl)s1. The molecular weight excluding hydrogens is 234 g/mol. The van der Waals surface area contributed by atoms with Gasteiger partial charge in [-0.1, -0.05) is 18.5 Å². The van der Waals surface area contributed by atoms with Crippen molar-refractivity contribution in [1.29, 1.82) is 0 Å². The van der Waals surface area contributed by atoms with E-state index in [1.54, 1.807) is 11.3 Å². The molecule has 0 aromatic carbocycles. The van der Waals surface area contributed by atoms with Crippen molar-refractivity contribution in [3.05, 3.63) is 21.3 Å². The minimum absolute atomic E-state index is 0.877. The third-order valence-corrected chi connectivity index (χ3v) is 4.12. The number of thioether (sulfide) groups is 1. The van der Waals surface area contributed by atoms with Gasteiger partial charge in [-0.25, -0.2) is 0 Å². The lowest BCUT2D eigenvalue weighted by molar-refractivity contribution is 0.741. The van der Waals surface area contributed by atoms with E-state index >= 15 is 0 Å². The van der Waals surface area contributed by atoms with Gasteiger partial charge in [0.2, 0.25) is 0 Å². The molecule has 0 aliphatic carbocycles. The molecule has 1 nitrogen and oxygen atoms in total. The highest BCUT2D eigenvalue weighted by atomic mass is 35.5. The first-order chi connectivity index (χ1) is 6.83. The smallest absolute Gasteiger partial charge is 0.0931 e. The lowest BCUT2D eigenvalue weighted by Gasteiger charge is -2.01. The minimum Gasteiger partial charge on any atom is -0.311 e. The summed E-state index contributed by atoms with van der Waals surface area (Å²) in [6.45, 7) is 4.25. The topological polar surface area (TPSA) is 12.0 Å². The van der Waals surface area contributed by atoms with Crippen molar-refractivity contribution in [3.63, 3.8) is 0 Å². The van der Waals surface area contributed by atoms with Crippen LogP contribution in [0.25, 0.3) is 0 Å². The van der Waals surface area contributed by atoms with E-state index in [9.17, 15) is 0 Å².